The first kappa shape index (κ1) is 10.5. The summed E-state index contributed by atoms with van der Waals surface area (Å²) >= 11 is 0. The zero-order chi connectivity index (χ0) is 12.8. The van der Waals surface area contributed by atoms with E-state index in [1.807, 2.05) is 48.5 Å². The van der Waals surface area contributed by atoms with Gasteiger partial charge in [-0.1, -0.05) is 53.7 Å². The molecule has 3 nitrogen and oxygen atoms in total. The fraction of sp³-hybridized carbons (Fsp3) is 0.0625. The third-order valence-electron chi connectivity index (χ3n) is 3.62. The minimum atomic E-state index is -0.644. The third-order valence-corrected chi connectivity index (χ3v) is 3.62. The van der Waals surface area contributed by atoms with Crippen LogP contribution >= 0.6 is 0 Å². The Balaban J connectivity index is 2.15. The Morgan fingerprint density at radius 2 is 1.47 bits per heavy atom. The Morgan fingerprint density at radius 3 is 2.26 bits per heavy atom. The molecule has 0 fully saturated rings. The second-order valence-corrected chi connectivity index (χ2v) is 4.65. The van der Waals surface area contributed by atoms with Crippen molar-refractivity contribution >= 4 is 0 Å². The summed E-state index contributed by atoms with van der Waals surface area (Å²) in [4.78, 5) is 0. The summed E-state index contributed by atoms with van der Waals surface area (Å²) in [5.74, 6) is 0.722. The van der Waals surface area contributed by atoms with Gasteiger partial charge in [0.25, 0.3) is 0 Å². The Labute approximate surface area is 110 Å². The van der Waals surface area contributed by atoms with Crippen molar-refractivity contribution in [1.82, 2.24) is 5.16 Å². The minimum absolute atomic E-state index is 0.644. The fourth-order valence-corrected chi connectivity index (χ4v) is 2.72. The van der Waals surface area contributed by atoms with Crippen molar-refractivity contribution in [2.45, 2.75) is 6.10 Å². The molecule has 1 aromatic heterocycles. The van der Waals surface area contributed by atoms with Gasteiger partial charge in [-0.3, -0.25) is 0 Å². The van der Waals surface area contributed by atoms with Crippen molar-refractivity contribution in [3.8, 4) is 22.5 Å². The van der Waals surface area contributed by atoms with Crippen LogP contribution in [0.3, 0.4) is 0 Å². The van der Waals surface area contributed by atoms with E-state index in [2.05, 4.69) is 5.16 Å². The first-order chi connectivity index (χ1) is 9.36. The van der Waals surface area contributed by atoms with Crippen LogP contribution in [-0.2, 0) is 0 Å². The van der Waals surface area contributed by atoms with Crippen LogP contribution < -0.4 is 0 Å². The maximum Gasteiger partial charge on any atom is 0.175 e. The minimum Gasteiger partial charge on any atom is -0.384 e. The van der Waals surface area contributed by atoms with Crippen LogP contribution in [0.1, 0.15) is 17.2 Å². The number of aliphatic hydroxyl groups is 1. The molecule has 1 aliphatic rings. The standard InChI is InChI=1S/C16H11NO2/c18-15-11-6-2-1-5-10(11)14-9-17-19-16(14)13-8-4-3-7-12(13)15/h1-9,15,18H. The predicted octanol–water partition coefficient (Wildman–Crippen LogP) is 3.40. The van der Waals surface area contributed by atoms with Gasteiger partial charge in [-0.05, 0) is 16.7 Å². The van der Waals surface area contributed by atoms with Crippen molar-refractivity contribution in [3.05, 3.63) is 65.9 Å². The van der Waals surface area contributed by atoms with Crippen LogP contribution in [-0.4, -0.2) is 10.3 Å². The lowest BCUT2D eigenvalue weighted by Crippen LogP contribution is -2.00. The van der Waals surface area contributed by atoms with Gasteiger partial charge in [0.15, 0.2) is 5.76 Å². The van der Waals surface area contributed by atoms with E-state index in [4.69, 9.17) is 4.52 Å². The molecule has 0 amide bonds. The second-order valence-electron chi connectivity index (χ2n) is 4.65. The molecule has 1 atom stereocenters. The van der Waals surface area contributed by atoms with E-state index in [1.165, 1.54) is 0 Å². The topological polar surface area (TPSA) is 46.3 Å². The predicted molar refractivity (Wildman–Crippen MR) is 71.4 cm³/mol. The fourth-order valence-electron chi connectivity index (χ4n) is 2.72. The lowest BCUT2D eigenvalue weighted by molar-refractivity contribution is 0.221. The largest absolute Gasteiger partial charge is 0.384 e. The van der Waals surface area contributed by atoms with Crippen molar-refractivity contribution in [2.24, 2.45) is 0 Å². The summed E-state index contributed by atoms with van der Waals surface area (Å²) in [5.41, 5.74) is 4.54. The summed E-state index contributed by atoms with van der Waals surface area (Å²) in [7, 11) is 0. The first-order valence-electron chi connectivity index (χ1n) is 6.17. The number of hydrogen-bond acceptors (Lipinski definition) is 3. The van der Waals surface area contributed by atoms with Crippen LogP contribution in [0.2, 0.25) is 0 Å². The van der Waals surface area contributed by atoms with Crippen molar-refractivity contribution in [3.63, 3.8) is 0 Å². The molecule has 1 aliphatic carbocycles. The highest BCUT2D eigenvalue weighted by atomic mass is 16.5. The molecular formula is C16H11NO2. The average Bonchev–Trinajstić information content (AvgIpc) is 2.92. The number of hydrogen-bond donors (Lipinski definition) is 1. The molecule has 1 N–H and O–H groups in total. The summed E-state index contributed by atoms with van der Waals surface area (Å²) < 4.78 is 5.41. The summed E-state index contributed by atoms with van der Waals surface area (Å²) in [6, 6.07) is 15.6. The first-order valence-corrected chi connectivity index (χ1v) is 6.17. The van der Waals surface area contributed by atoms with Crippen LogP contribution in [0.4, 0.5) is 0 Å². The van der Waals surface area contributed by atoms with Crippen molar-refractivity contribution in [1.29, 1.82) is 0 Å². The quantitative estimate of drug-likeness (QED) is 0.664. The number of benzene rings is 2. The highest BCUT2D eigenvalue weighted by Crippen LogP contribution is 2.44. The van der Waals surface area contributed by atoms with Gasteiger partial charge in [-0.25, -0.2) is 0 Å². The highest BCUT2D eigenvalue weighted by Gasteiger charge is 2.27. The van der Waals surface area contributed by atoms with E-state index >= 15 is 0 Å². The van der Waals surface area contributed by atoms with Crippen LogP contribution in [0.25, 0.3) is 22.5 Å². The van der Waals surface area contributed by atoms with Gasteiger partial charge in [0.1, 0.15) is 6.10 Å². The highest BCUT2D eigenvalue weighted by molar-refractivity contribution is 5.85. The van der Waals surface area contributed by atoms with Gasteiger partial charge in [0, 0.05) is 11.1 Å². The van der Waals surface area contributed by atoms with Gasteiger partial charge in [0.05, 0.1) is 6.20 Å². The van der Waals surface area contributed by atoms with E-state index in [0.29, 0.717) is 0 Å². The molecule has 0 bridgehead atoms. The molecule has 0 radical (unpaired) electrons. The Kier molecular flexibility index (Phi) is 2.11. The molecule has 1 unspecified atom stereocenters. The molecule has 0 aliphatic heterocycles. The van der Waals surface area contributed by atoms with Crippen molar-refractivity contribution in [2.75, 3.05) is 0 Å². The van der Waals surface area contributed by atoms with Gasteiger partial charge in [0.2, 0.25) is 0 Å². The number of aliphatic hydroxyl groups excluding tert-OH is 1. The molecule has 0 spiro atoms. The zero-order valence-electron chi connectivity index (χ0n) is 10.1. The van der Waals surface area contributed by atoms with E-state index in [1.54, 1.807) is 6.20 Å². The Bertz CT molecular complexity index is 699. The lowest BCUT2D eigenvalue weighted by Gasteiger charge is -2.13. The molecule has 92 valence electrons. The monoisotopic (exact) mass is 249 g/mol. The number of rotatable bonds is 0. The molecule has 2 aromatic carbocycles. The van der Waals surface area contributed by atoms with Crippen LogP contribution in [0.5, 0.6) is 0 Å². The summed E-state index contributed by atoms with van der Waals surface area (Å²) in [6.45, 7) is 0. The second kappa shape index (κ2) is 3.80. The summed E-state index contributed by atoms with van der Waals surface area (Å²) in [6.07, 6.45) is 1.07. The average molecular weight is 249 g/mol. The molecule has 0 saturated carbocycles. The lowest BCUT2D eigenvalue weighted by atomic mass is 9.96. The normalized spacial score (nSPS) is 16.2. The Hall–Kier alpha value is -2.39. The molecule has 3 heteroatoms. The molecule has 0 saturated heterocycles. The smallest absolute Gasteiger partial charge is 0.175 e. The van der Waals surface area contributed by atoms with E-state index in [-0.39, 0.29) is 0 Å². The molecule has 4 rings (SSSR count). The maximum atomic E-state index is 10.6. The molecule has 3 aromatic rings. The molecule has 19 heavy (non-hydrogen) atoms. The SMILES string of the molecule is OC1c2ccccc2-c2cnoc2-c2ccccc21. The third kappa shape index (κ3) is 1.39. The van der Waals surface area contributed by atoms with Gasteiger partial charge < -0.3 is 9.63 Å². The number of nitrogens with zero attached hydrogens (tertiary/aromatic N) is 1. The number of fused-ring (bicyclic) bond motifs is 5. The molecular weight excluding hydrogens is 238 g/mol. The Morgan fingerprint density at radius 1 is 0.842 bits per heavy atom. The van der Waals surface area contributed by atoms with Crippen molar-refractivity contribution < 1.29 is 9.63 Å². The number of aromatic nitrogens is 1. The molecule has 1 heterocycles. The van der Waals surface area contributed by atoms with Gasteiger partial charge >= 0.3 is 0 Å². The zero-order valence-corrected chi connectivity index (χ0v) is 10.1. The summed E-state index contributed by atoms with van der Waals surface area (Å²) in [5, 5.41) is 14.5. The maximum absolute atomic E-state index is 10.6. The van der Waals surface area contributed by atoms with Gasteiger partial charge in [-0.2, -0.15) is 0 Å². The van der Waals surface area contributed by atoms with Gasteiger partial charge in [-0.15, -0.1) is 0 Å². The van der Waals surface area contributed by atoms with Crippen LogP contribution in [0.15, 0.2) is 59.3 Å². The van der Waals surface area contributed by atoms with Crippen LogP contribution in [0, 0.1) is 0 Å². The van der Waals surface area contributed by atoms with E-state index < -0.39 is 6.10 Å². The van der Waals surface area contributed by atoms with E-state index in [9.17, 15) is 5.11 Å². The van der Waals surface area contributed by atoms with E-state index in [0.717, 1.165) is 33.6 Å².